The number of nitrogens with two attached hydrogens (primary N) is 1. The average Bonchev–Trinajstić information content (AvgIpc) is 2.71. The van der Waals surface area contributed by atoms with E-state index < -0.39 is 0 Å². The molecule has 0 spiro atoms. The highest BCUT2D eigenvalue weighted by Crippen LogP contribution is 2.16. The van der Waals surface area contributed by atoms with Gasteiger partial charge in [0, 0.05) is 18.7 Å². The molecule has 1 aromatic rings. The van der Waals surface area contributed by atoms with Crippen molar-refractivity contribution in [2.75, 3.05) is 13.2 Å². The van der Waals surface area contributed by atoms with E-state index in [1.165, 1.54) is 0 Å². The van der Waals surface area contributed by atoms with E-state index >= 15 is 0 Å². The Balaban J connectivity index is 2.07. The third-order valence-corrected chi connectivity index (χ3v) is 2.20. The summed E-state index contributed by atoms with van der Waals surface area (Å²) in [5.74, 6) is 0.633. The van der Waals surface area contributed by atoms with Crippen molar-refractivity contribution in [2.45, 2.75) is 12.5 Å². The number of hydrogen-bond acceptors (Lipinski definition) is 4. The van der Waals surface area contributed by atoms with Gasteiger partial charge < -0.3 is 15.2 Å². The summed E-state index contributed by atoms with van der Waals surface area (Å²) < 4.78 is 10.8. The maximum absolute atomic E-state index is 7.25. The summed E-state index contributed by atoms with van der Waals surface area (Å²) in [6, 6.07) is 3.42. The van der Waals surface area contributed by atoms with Gasteiger partial charge in [-0.1, -0.05) is 0 Å². The van der Waals surface area contributed by atoms with E-state index in [0.29, 0.717) is 18.1 Å². The molecule has 0 amide bonds. The summed E-state index contributed by atoms with van der Waals surface area (Å²) in [4.78, 5) is 3.95. The summed E-state index contributed by atoms with van der Waals surface area (Å²) in [5.41, 5.74) is 5.77. The Labute approximate surface area is 87.7 Å². The van der Waals surface area contributed by atoms with E-state index in [1.54, 1.807) is 18.3 Å². The molecule has 15 heavy (non-hydrogen) atoms. The SMILES string of the molecule is N=C(N)c1cc(OC2CCOC2)ccn1. The first-order valence-corrected chi connectivity index (χ1v) is 4.80. The van der Waals surface area contributed by atoms with Crippen LogP contribution in [0, 0.1) is 5.41 Å². The van der Waals surface area contributed by atoms with E-state index in [1.807, 2.05) is 0 Å². The van der Waals surface area contributed by atoms with Gasteiger partial charge in [-0.25, -0.2) is 0 Å². The summed E-state index contributed by atoms with van der Waals surface area (Å²) in [6.07, 6.45) is 2.59. The molecule has 1 aliphatic heterocycles. The van der Waals surface area contributed by atoms with Gasteiger partial charge in [-0.05, 0) is 6.07 Å². The number of rotatable bonds is 3. The lowest BCUT2D eigenvalue weighted by Gasteiger charge is -2.11. The highest BCUT2D eigenvalue weighted by atomic mass is 16.5. The number of pyridine rings is 1. The van der Waals surface area contributed by atoms with E-state index in [-0.39, 0.29) is 11.9 Å². The lowest BCUT2D eigenvalue weighted by atomic mass is 10.3. The number of nitrogens with one attached hydrogen (secondary N) is 1. The molecule has 1 unspecified atom stereocenters. The zero-order valence-electron chi connectivity index (χ0n) is 8.27. The van der Waals surface area contributed by atoms with E-state index in [4.69, 9.17) is 20.6 Å². The third-order valence-electron chi connectivity index (χ3n) is 2.20. The number of ether oxygens (including phenoxy) is 2. The van der Waals surface area contributed by atoms with Crippen molar-refractivity contribution in [3.63, 3.8) is 0 Å². The van der Waals surface area contributed by atoms with Crippen molar-refractivity contribution >= 4 is 5.84 Å². The van der Waals surface area contributed by atoms with E-state index in [2.05, 4.69) is 4.98 Å². The maximum Gasteiger partial charge on any atom is 0.141 e. The minimum Gasteiger partial charge on any atom is -0.488 e. The second kappa shape index (κ2) is 4.27. The predicted molar refractivity (Wildman–Crippen MR) is 55.1 cm³/mol. The topological polar surface area (TPSA) is 81.2 Å². The molecule has 1 aromatic heterocycles. The van der Waals surface area contributed by atoms with Crippen LogP contribution in [0.3, 0.4) is 0 Å². The van der Waals surface area contributed by atoms with Crippen LogP contribution in [0.2, 0.25) is 0 Å². The zero-order valence-corrected chi connectivity index (χ0v) is 8.27. The monoisotopic (exact) mass is 207 g/mol. The van der Waals surface area contributed by atoms with Crippen LogP contribution in [-0.2, 0) is 4.74 Å². The summed E-state index contributed by atoms with van der Waals surface area (Å²) >= 11 is 0. The molecule has 5 heteroatoms. The first-order chi connectivity index (χ1) is 7.25. The second-order valence-corrected chi connectivity index (χ2v) is 3.39. The van der Waals surface area contributed by atoms with Crippen molar-refractivity contribution in [3.05, 3.63) is 24.0 Å². The van der Waals surface area contributed by atoms with E-state index in [9.17, 15) is 0 Å². The van der Waals surface area contributed by atoms with Crippen molar-refractivity contribution < 1.29 is 9.47 Å². The number of aromatic nitrogens is 1. The van der Waals surface area contributed by atoms with Crippen LogP contribution in [0.5, 0.6) is 5.75 Å². The molecule has 2 rings (SSSR count). The molecule has 2 heterocycles. The van der Waals surface area contributed by atoms with E-state index in [0.717, 1.165) is 13.0 Å². The maximum atomic E-state index is 7.25. The predicted octanol–water partition coefficient (Wildman–Crippen LogP) is 0.533. The first kappa shape index (κ1) is 9.92. The van der Waals surface area contributed by atoms with Gasteiger partial charge in [-0.3, -0.25) is 10.4 Å². The van der Waals surface area contributed by atoms with Crippen LogP contribution >= 0.6 is 0 Å². The van der Waals surface area contributed by atoms with Crippen LogP contribution < -0.4 is 10.5 Å². The standard InChI is InChI=1S/C10H13N3O2/c11-10(12)9-5-7(1-3-13-9)15-8-2-4-14-6-8/h1,3,5,8H,2,4,6H2,(H3,11,12). The molecule has 5 nitrogen and oxygen atoms in total. The molecule has 0 bridgehead atoms. The Kier molecular flexibility index (Phi) is 2.82. The number of nitrogen functional groups attached to an aromatic ring is 1. The van der Waals surface area contributed by atoms with Crippen LogP contribution in [0.25, 0.3) is 0 Å². The fourth-order valence-corrected chi connectivity index (χ4v) is 1.43. The highest BCUT2D eigenvalue weighted by molar-refractivity contribution is 5.93. The highest BCUT2D eigenvalue weighted by Gasteiger charge is 2.17. The van der Waals surface area contributed by atoms with Crippen molar-refractivity contribution in [1.29, 1.82) is 5.41 Å². The lowest BCUT2D eigenvalue weighted by molar-refractivity contribution is 0.141. The van der Waals surface area contributed by atoms with Crippen LogP contribution in [0.1, 0.15) is 12.1 Å². The van der Waals surface area contributed by atoms with Gasteiger partial charge in [-0.15, -0.1) is 0 Å². The molecule has 80 valence electrons. The van der Waals surface area contributed by atoms with Crippen molar-refractivity contribution in [1.82, 2.24) is 4.98 Å². The Morgan fingerprint density at radius 3 is 3.20 bits per heavy atom. The van der Waals surface area contributed by atoms with Crippen molar-refractivity contribution in [3.8, 4) is 5.75 Å². The van der Waals surface area contributed by atoms with Gasteiger partial charge in [0.1, 0.15) is 23.4 Å². The molecule has 0 aliphatic carbocycles. The van der Waals surface area contributed by atoms with Crippen LogP contribution in [0.15, 0.2) is 18.3 Å². The molecule has 1 atom stereocenters. The first-order valence-electron chi connectivity index (χ1n) is 4.80. The summed E-state index contributed by atoms with van der Waals surface area (Å²) in [5, 5.41) is 7.25. The largest absolute Gasteiger partial charge is 0.488 e. The van der Waals surface area contributed by atoms with Gasteiger partial charge in [0.25, 0.3) is 0 Å². The second-order valence-electron chi connectivity index (χ2n) is 3.39. The Morgan fingerprint density at radius 2 is 2.53 bits per heavy atom. The molecule has 1 aliphatic rings. The molecule has 0 aromatic carbocycles. The molecule has 3 N–H and O–H groups in total. The smallest absolute Gasteiger partial charge is 0.141 e. The Hall–Kier alpha value is -1.62. The summed E-state index contributed by atoms with van der Waals surface area (Å²) in [6.45, 7) is 1.37. The van der Waals surface area contributed by atoms with Gasteiger partial charge in [0.05, 0.1) is 13.2 Å². The van der Waals surface area contributed by atoms with Crippen LogP contribution in [-0.4, -0.2) is 30.1 Å². The number of nitrogens with zero attached hydrogens (tertiary/aromatic N) is 1. The Bertz CT molecular complexity index is 361. The molecular formula is C10H13N3O2. The average molecular weight is 207 g/mol. The van der Waals surface area contributed by atoms with Gasteiger partial charge in [-0.2, -0.15) is 0 Å². The quantitative estimate of drug-likeness (QED) is 0.559. The third kappa shape index (κ3) is 2.44. The normalized spacial score (nSPS) is 20.1. The molecule has 1 fully saturated rings. The Morgan fingerprint density at radius 1 is 1.67 bits per heavy atom. The van der Waals surface area contributed by atoms with Gasteiger partial charge >= 0.3 is 0 Å². The fourth-order valence-electron chi connectivity index (χ4n) is 1.43. The molecule has 0 saturated carbocycles. The lowest BCUT2D eigenvalue weighted by Crippen LogP contribution is -2.17. The number of amidine groups is 1. The zero-order chi connectivity index (χ0) is 10.7. The van der Waals surface area contributed by atoms with Gasteiger partial charge in [0.15, 0.2) is 0 Å². The fraction of sp³-hybridized carbons (Fsp3) is 0.400. The minimum atomic E-state index is -0.0527. The molecule has 0 radical (unpaired) electrons. The summed E-state index contributed by atoms with van der Waals surface area (Å²) in [7, 11) is 0. The minimum absolute atomic E-state index is 0.0527. The molecule has 1 saturated heterocycles. The van der Waals surface area contributed by atoms with Gasteiger partial charge in [0.2, 0.25) is 0 Å². The van der Waals surface area contributed by atoms with Crippen molar-refractivity contribution in [2.24, 2.45) is 5.73 Å². The number of hydrogen-bond donors (Lipinski definition) is 2. The van der Waals surface area contributed by atoms with Crippen LogP contribution in [0.4, 0.5) is 0 Å². The molecular weight excluding hydrogens is 194 g/mol.